The van der Waals surface area contributed by atoms with E-state index in [9.17, 15) is 18.0 Å². The van der Waals surface area contributed by atoms with Crippen molar-refractivity contribution >= 4 is 33.7 Å². The zero-order chi connectivity index (χ0) is 19.9. The van der Waals surface area contributed by atoms with Gasteiger partial charge in [0.25, 0.3) is 15.9 Å². The van der Waals surface area contributed by atoms with Crippen LogP contribution in [-0.2, 0) is 24.3 Å². The van der Waals surface area contributed by atoms with E-state index in [4.69, 9.17) is 10.5 Å². The average molecular weight is 390 g/mol. The minimum Gasteiger partial charge on any atom is -0.497 e. The smallest absolute Gasteiger partial charge is 0.331 e. The summed E-state index contributed by atoms with van der Waals surface area (Å²) in [7, 11) is -2.24. The number of ether oxygens (including phenoxy) is 2. The molecule has 0 aliphatic rings. The third-order valence-electron chi connectivity index (χ3n) is 3.30. The largest absolute Gasteiger partial charge is 0.497 e. The second-order valence-electron chi connectivity index (χ2n) is 5.31. The van der Waals surface area contributed by atoms with Crippen molar-refractivity contribution in [3.8, 4) is 5.75 Å². The molecule has 3 N–H and O–H groups in total. The molecule has 0 unspecified atom stereocenters. The number of primary amides is 1. The zero-order valence-corrected chi connectivity index (χ0v) is 15.2. The van der Waals surface area contributed by atoms with Crippen LogP contribution in [0.2, 0.25) is 0 Å². The minimum absolute atomic E-state index is 0.0618. The molecular weight excluding hydrogens is 372 g/mol. The lowest BCUT2D eigenvalue weighted by atomic mass is 10.2. The van der Waals surface area contributed by atoms with E-state index in [1.54, 1.807) is 24.3 Å². The third-order valence-corrected chi connectivity index (χ3v) is 4.70. The number of anilines is 1. The number of sulfonamides is 1. The van der Waals surface area contributed by atoms with Gasteiger partial charge in [0.1, 0.15) is 5.75 Å². The Bertz CT molecular complexity index is 935. The number of hydrogen-bond acceptors (Lipinski definition) is 6. The first-order valence-electron chi connectivity index (χ1n) is 7.70. The summed E-state index contributed by atoms with van der Waals surface area (Å²) < 4.78 is 36.9. The van der Waals surface area contributed by atoms with Crippen LogP contribution in [-0.4, -0.2) is 34.0 Å². The van der Waals surface area contributed by atoms with Gasteiger partial charge in [-0.1, -0.05) is 12.1 Å². The molecule has 0 bridgehead atoms. The predicted octanol–water partition coefficient (Wildman–Crippen LogP) is 1.54. The van der Waals surface area contributed by atoms with Crippen LogP contribution >= 0.6 is 0 Å². The molecule has 1 amide bonds. The van der Waals surface area contributed by atoms with E-state index < -0.39 is 28.5 Å². The maximum absolute atomic E-state index is 12.4. The Kier molecular flexibility index (Phi) is 6.56. The Morgan fingerprint density at radius 3 is 2.26 bits per heavy atom. The molecule has 0 saturated heterocycles. The number of nitrogens with one attached hydrogen (secondary N) is 1. The highest BCUT2D eigenvalue weighted by molar-refractivity contribution is 7.92. The van der Waals surface area contributed by atoms with Gasteiger partial charge in [0.2, 0.25) is 0 Å². The fourth-order valence-electron chi connectivity index (χ4n) is 1.99. The van der Waals surface area contributed by atoms with Gasteiger partial charge in [0, 0.05) is 11.8 Å². The first-order valence-corrected chi connectivity index (χ1v) is 9.18. The molecule has 0 atom stereocenters. The second kappa shape index (κ2) is 8.86. The number of nitrogens with two attached hydrogens (primary N) is 1. The Morgan fingerprint density at radius 1 is 1.07 bits per heavy atom. The molecule has 142 valence electrons. The molecule has 2 aromatic carbocycles. The second-order valence-corrected chi connectivity index (χ2v) is 6.99. The molecule has 27 heavy (non-hydrogen) atoms. The normalized spacial score (nSPS) is 11.1. The van der Waals surface area contributed by atoms with Crippen molar-refractivity contribution in [3.05, 3.63) is 60.2 Å². The summed E-state index contributed by atoms with van der Waals surface area (Å²) in [5.41, 5.74) is 5.84. The summed E-state index contributed by atoms with van der Waals surface area (Å²) in [6, 6.07) is 12.3. The van der Waals surface area contributed by atoms with Crippen LogP contribution in [0.3, 0.4) is 0 Å². The SMILES string of the molecule is COc1ccc(NS(=O)(=O)c2ccc(/C=C/C(=O)OCC(N)=O)cc2)cc1. The zero-order valence-electron chi connectivity index (χ0n) is 14.4. The number of esters is 1. The van der Waals surface area contributed by atoms with Gasteiger partial charge < -0.3 is 15.2 Å². The fourth-order valence-corrected chi connectivity index (χ4v) is 3.04. The minimum atomic E-state index is -3.76. The standard InChI is InChI=1S/C18H18N2O6S/c1-25-15-7-5-14(6-8-15)20-27(23,24)16-9-2-13(3-10-16)4-11-18(22)26-12-17(19)21/h2-11,20H,12H2,1H3,(H2,19,21)/b11-4+. The summed E-state index contributed by atoms with van der Waals surface area (Å²) in [6.07, 6.45) is 2.54. The van der Waals surface area contributed by atoms with Crippen molar-refractivity contribution in [1.82, 2.24) is 0 Å². The van der Waals surface area contributed by atoms with Gasteiger partial charge in [-0.15, -0.1) is 0 Å². The molecular formula is C18H18N2O6S. The average Bonchev–Trinajstić information content (AvgIpc) is 2.65. The van der Waals surface area contributed by atoms with Crippen molar-refractivity contribution in [1.29, 1.82) is 0 Å². The molecule has 2 rings (SSSR count). The molecule has 2 aromatic rings. The highest BCUT2D eigenvalue weighted by Gasteiger charge is 2.13. The van der Waals surface area contributed by atoms with E-state index >= 15 is 0 Å². The van der Waals surface area contributed by atoms with Gasteiger partial charge in [-0.25, -0.2) is 13.2 Å². The topological polar surface area (TPSA) is 125 Å². The number of hydrogen-bond donors (Lipinski definition) is 2. The Morgan fingerprint density at radius 2 is 1.70 bits per heavy atom. The van der Waals surface area contributed by atoms with Crippen LogP contribution in [0.5, 0.6) is 5.75 Å². The van der Waals surface area contributed by atoms with E-state index in [1.165, 1.54) is 37.5 Å². The molecule has 0 aromatic heterocycles. The number of carbonyl (C=O) groups is 2. The number of carbonyl (C=O) groups excluding carboxylic acids is 2. The van der Waals surface area contributed by atoms with E-state index in [-0.39, 0.29) is 4.90 Å². The van der Waals surface area contributed by atoms with Gasteiger partial charge in [-0.3, -0.25) is 9.52 Å². The highest BCUT2D eigenvalue weighted by Crippen LogP contribution is 2.19. The van der Waals surface area contributed by atoms with E-state index in [0.717, 1.165) is 6.08 Å². The Balaban J connectivity index is 2.04. The fraction of sp³-hybridized carbons (Fsp3) is 0.111. The molecule has 0 aliphatic heterocycles. The first kappa shape index (κ1) is 20.0. The third kappa shape index (κ3) is 6.15. The predicted molar refractivity (Wildman–Crippen MR) is 99.4 cm³/mol. The van der Waals surface area contributed by atoms with Crippen LogP contribution < -0.4 is 15.2 Å². The van der Waals surface area contributed by atoms with Crippen molar-refractivity contribution < 1.29 is 27.5 Å². The van der Waals surface area contributed by atoms with Crippen LogP contribution in [0.25, 0.3) is 6.08 Å². The Labute approximate surface area is 156 Å². The Hall–Kier alpha value is -3.33. The monoisotopic (exact) mass is 390 g/mol. The van der Waals surface area contributed by atoms with Crippen molar-refractivity contribution in [2.24, 2.45) is 5.73 Å². The number of rotatable bonds is 8. The summed E-state index contributed by atoms with van der Waals surface area (Å²) in [6.45, 7) is -0.503. The number of benzene rings is 2. The van der Waals surface area contributed by atoms with Crippen molar-refractivity contribution in [3.63, 3.8) is 0 Å². The van der Waals surface area contributed by atoms with Crippen molar-refractivity contribution in [2.75, 3.05) is 18.4 Å². The highest BCUT2D eigenvalue weighted by atomic mass is 32.2. The van der Waals surface area contributed by atoms with Gasteiger partial charge >= 0.3 is 5.97 Å². The lowest BCUT2D eigenvalue weighted by Gasteiger charge is -2.09. The molecule has 0 saturated carbocycles. The quantitative estimate of drug-likeness (QED) is 0.520. The van der Waals surface area contributed by atoms with Crippen LogP contribution in [0.1, 0.15) is 5.56 Å². The van der Waals surface area contributed by atoms with Crippen LogP contribution in [0.15, 0.2) is 59.5 Å². The summed E-state index contributed by atoms with van der Waals surface area (Å²) >= 11 is 0. The number of amides is 1. The summed E-state index contributed by atoms with van der Waals surface area (Å²) in [4.78, 5) is 22.0. The molecule has 0 heterocycles. The number of methoxy groups -OCH3 is 1. The van der Waals surface area contributed by atoms with Gasteiger partial charge in [-0.05, 0) is 48.0 Å². The summed E-state index contributed by atoms with van der Waals surface area (Å²) in [5, 5.41) is 0. The summed E-state index contributed by atoms with van der Waals surface area (Å²) in [5.74, 6) is -0.870. The molecule has 0 aliphatic carbocycles. The molecule has 0 radical (unpaired) electrons. The molecule has 0 spiro atoms. The van der Waals surface area contributed by atoms with Crippen molar-refractivity contribution in [2.45, 2.75) is 4.90 Å². The molecule has 9 heteroatoms. The lowest BCUT2D eigenvalue weighted by molar-refractivity contribution is -0.142. The van der Waals surface area contributed by atoms with Gasteiger partial charge in [0.15, 0.2) is 6.61 Å². The lowest BCUT2D eigenvalue weighted by Crippen LogP contribution is -2.19. The molecule has 8 nitrogen and oxygen atoms in total. The maximum Gasteiger partial charge on any atom is 0.331 e. The van der Waals surface area contributed by atoms with Gasteiger partial charge in [0.05, 0.1) is 12.0 Å². The maximum atomic E-state index is 12.4. The van der Waals surface area contributed by atoms with Crippen LogP contribution in [0.4, 0.5) is 5.69 Å². The van der Waals surface area contributed by atoms with Crippen LogP contribution in [0, 0.1) is 0 Å². The van der Waals surface area contributed by atoms with E-state index in [1.807, 2.05) is 0 Å². The van der Waals surface area contributed by atoms with E-state index in [0.29, 0.717) is 17.0 Å². The first-order chi connectivity index (χ1) is 12.8. The van der Waals surface area contributed by atoms with Gasteiger partial charge in [-0.2, -0.15) is 0 Å². The molecule has 0 fully saturated rings. The van der Waals surface area contributed by atoms with E-state index in [2.05, 4.69) is 9.46 Å².